The van der Waals surface area contributed by atoms with E-state index in [1.165, 1.54) is 5.56 Å². The Bertz CT molecular complexity index is 506. The van der Waals surface area contributed by atoms with E-state index in [0.29, 0.717) is 18.3 Å². The van der Waals surface area contributed by atoms with Gasteiger partial charge in [0, 0.05) is 6.54 Å². The number of benzene rings is 1. The largest absolute Gasteiger partial charge is 0.491 e. The van der Waals surface area contributed by atoms with Gasteiger partial charge >= 0.3 is 0 Å². The van der Waals surface area contributed by atoms with Crippen LogP contribution < -0.4 is 10.1 Å². The standard InChI is InChI=1S/C14H19N3O2/c1-10(2)18-13-6-4-12(5-7-13)8-15-9-14-16-11(3)17-19-14/h4-7,10,15H,8-9H2,1-3H3. The predicted octanol–water partition coefficient (Wildman–Crippen LogP) is 2.46. The van der Waals surface area contributed by atoms with Crippen LogP contribution in [0, 0.1) is 6.92 Å². The molecule has 1 N–H and O–H groups in total. The molecule has 1 aromatic carbocycles. The third-order valence-electron chi connectivity index (χ3n) is 2.47. The Balaban J connectivity index is 1.79. The molecular weight excluding hydrogens is 242 g/mol. The molecule has 2 aromatic rings. The number of aryl methyl sites for hydroxylation is 1. The van der Waals surface area contributed by atoms with E-state index in [4.69, 9.17) is 9.26 Å². The molecule has 2 rings (SSSR count). The first-order chi connectivity index (χ1) is 9.13. The Morgan fingerprint density at radius 3 is 2.53 bits per heavy atom. The van der Waals surface area contributed by atoms with Crippen molar-refractivity contribution in [1.82, 2.24) is 15.5 Å². The first kappa shape index (κ1) is 13.5. The molecule has 0 saturated carbocycles. The molecule has 102 valence electrons. The summed E-state index contributed by atoms with van der Waals surface area (Å²) in [6.07, 6.45) is 0.199. The highest BCUT2D eigenvalue weighted by atomic mass is 16.5. The van der Waals surface area contributed by atoms with Gasteiger partial charge in [-0.1, -0.05) is 17.3 Å². The summed E-state index contributed by atoms with van der Waals surface area (Å²) in [6, 6.07) is 8.05. The Morgan fingerprint density at radius 2 is 1.95 bits per heavy atom. The normalized spacial score (nSPS) is 10.9. The van der Waals surface area contributed by atoms with Crippen molar-refractivity contribution in [2.45, 2.75) is 40.0 Å². The molecule has 5 nitrogen and oxygen atoms in total. The molecule has 0 amide bonds. The Labute approximate surface area is 113 Å². The third kappa shape index (κ3) is 4.37. The molecule has 0 atom stereocenters. The second-order valence-corrected chi connectivity index (χ2v) is 4.65. The molecular formula is C14H19N3O2. The van der Waals surface area contributed by atoms with Crippen LogP contribution in [0.5, 0.6) is 5.75 Å². The topological polar surface area (TPSA) is 60.2 Å². The highest BCUT2D eigenvalue weighted by Gasteiger charge is 2.02. The van der Waals surface area contributed by atoms with Gasteiger partial charge in [-0.2, -0.15) is 4.98 Å². The molecule has 0 fully saturated rings. The fourth-order valence-corrected chi connectivity index (χ4v) is 1.68. The van der Waals surface area contributed by atoms with Gasteiger partial charge < -0.3 is 14.6 Å². The molecule has 19 heavy (non-hydrogen) atoms. The summed E-state index contributed by atoms with van der Waals surface area (Å²) in [4.78, 5) is 4.13. The average Bonchev–Trinajstić information content (AvgIpc) is 2.77. The van der Waals surface area contributed by atoms with Crippen molar-refractivity contribution >= 4 is 0 Å². The second-order valence-electron chi connectivity index (χ2n) is 4.65. The summed E-state index contributed by atoms with van der Waals surface area (Å²) in [6.45, 7) is 7.17. The van der Waals surface area contributed by atoms with Crippen LogP contribution in [0.3, 0.4) is 0 Å². The molecule has 0 bridgehead atoms. The average molecular weight is 261 g/mol. The van der Waals surface area contributed by atoms with Crippen LogP contribution in [-0.2, 0) is 13.1 Å². The number of hydrogen-bond acceptors (Lipinski definition) is 5. The van der Waals surface area contributed by atoms with Gasteiger partial charge in [0.05, 0.1) is 12.6 Å². The van der Waals surface area contributed by atoms with Crippen molar-refractivity contribution in [3.63, 3.8) is 0 Å². The van der Waals surface area contributed by atoms with E-state index >= 15 is 0 Å². The first-order valence-corrected chi connectivity index (χ1v) is 6.39. The van der Waals surface area contributed by atoms with E-state index in [1.807, 2.05) is 38.1 Å². The maximum absolute atomic E-state index is 5.59. The molecule has 5 heteroatoms. The van der Waals surface area contributed by atoms with Crippen LogP contribution in [0.1, 0.15) is 31.1 Å². The maximum atomic E-state index is 5.59. The molecule has 0 radical (unpaired) electrons. The quantitative estimate of drug-likeness (QED) is 0.865. The van der Waals surface area contributed by atoms with E-state index in [-0.39, 0.29) is 6.10 Å². The number of rotatable bonds is 6. The minimum atomic E-state index is 0.199. The number of nitrogens with zero attached hydrogens (tertiary/aromatic N) is 2. The highest BCUT2D eigenvalue weighted by Crippen LogP contribution is 2.13. The lowest BCUT2D eigenvalue weighted by Crippen LogP contribution is -2.13. The molecule has 0 aliphatic heterocycles. The Morgan fingerprint density at radius 1 is 1.21 bits per heavy atom. The molecule has 0 spiro atoms. The summed E-state index contributed by atoms with van der Waals surface area (Å²) < 4.78 is 10.6. The number of ether oxygens (including phenoxy) is 1. The van der Waals surface area contributed by atoms with Crippen molar-refractivity contribution in [1.29, 1.82) is 0 Å². The van der Waals surface area contributed by atoms with Gasteiger partial charge in [0.1, 0.15) is 5.75 Å². The van der Waals surface area contributed by atoms with Gasteiger partial charge in [-0.3, -0.25) is 0 Å². The zero-order valence-corrected chi connectivity index (χ0v) is 11.5. The van der Waals surface area contributed by atoms with Crippen molar-refractivity contribution in [3.8, 4) is 5.75 Å². The minimum Gasteiger partial charge on any atom is -0.491 e. The summed E-state index contributed by atoms with van der Waals surface area (Å²) in [7, 11) is 0. The molecule has 1 heterocycles. The molecule has 0 aliphatic rings. The van der Waals surface area contributed by atoms with Crippen molar-refractivity contribution in [2.75, 3.05) is 0 Å². The summed E-state index contributed by atoms with van der Waals surface area (Å²) in [5, 5.41) is 6.99. The van der Waals surface area contributed by atoms with E-state index in [9.17, 15) is 0 Å². The molecule has 0 aliphatic carbocycles. The SMILES string of the molecule is Cc1noc(CNCc2ccc(OC(C)C)cc2)n1. The van der Waals surface area contributed by atoms with Crippen LogP contribution in [0.4, 0.5) is 0 Å². The highest BCUT2D eigenvalue weighted by molar-refractivity contribution is 5.27. The first-order valence-electron chi connectivity index (χ1n) is 6.39. The fraction of sp³-hybridized carbons (Fsp3) is 0.429. The number of aromatic nitrogens is 2. The zero-order chi connectivity index (χ0) is 13.7. The fourth-order valence-electron chi connectivity index (χ4n) is 1.68. The molecule has 1 aromatic heterocycles. The van der Waals surface area contributed by atoms with Crippen molar-refractivity contribution in [2.24, 2.45) is 0 Å². The number of hydrogen-bond donors (Lipinski definition) is 1. The van der Waals surface area contributed by atoms with Crippen LogP contribution >= 0.6 is 0 Å². The molecule has 0 unspecified atom stereocenters. The second kappa shape index (κ2) is 6.33. The van der Waals surface area contributed by atoms with Gasteiger partial charge in [-0.15, -0.1) is 0 Å². The zero-order valence-electron chi connectivity index (χ0n) is 11.5. The van der Waals surface area contributed by atoms with E-state index in [0.717, 1.165) is 12.3 Å². The summed E-state index contributed by atoms with van der Waals surface area (Å²) in [5.41, 5.74) is 1.19. The predicted molar refractivity (Wildman–Crippen MR) is 71.8 cm³/mol. The van der Waals surface area contributed by atoms with Crippen molar-refractivity contribution in [3.05, 3.63) is 41.5 Å². The Hall–Kier alpha value is -1.88. The minimum absolute atomic E-state index is 0.199. The van der Waals surface area contributed by atoms with E-state index in [2.05, 4.69) is 15.5 Å². The lowest BCUT2D eigenvalue weighted by atomic mass is 10.2. The Kier molecular flexibility index (Phi) is 4.52. The smallest absolute Gasteiger partial charge is 0.240 e. The van der Waals surface area contributed by atoms with E-state index in [1.54, 1.807) is 6.92 Å². The summed E-state index contributed by atoms with van der Waals surface area (Å²) in [5.74, 6) is 2.16. The van der Waals surface area contributed by atoms with Crippen LogP contribution in [-0.4, -0.2) is 16.2 Å². The van der Waals surface area contributed by atoms with Gasteiger partial charge in [0.2, 0.25) is 5.89 Å². The maximum Gasteiger partial charge on any atom is 0.240 e. The molecule has 0 saturated heterocycles. The lowest BCUT2D eigenvalue weighted by molar-refractivity contribution is 0.242. The van der Waals surface area contributed by atoms with Crippen LogP contribution in [0.2, 0.25) is 0 Å². The van der Waals surface area contributed by atoms with Crippen molar-refractivity contribution < 1.29 is 9.26 Å². The lowest BCUT2D eigenvalue weighted by Gasteiger charge is -2.10. The van der Waals surface area contributed by atoms with Gasteiger partial charge in [-0.25, -0.2) is 0 Å². The van der Waals surface area contributed by atoms with Gasteiger partial charge in [-0.05, 0) is 38.5 Å². The third-order valence-corrected chi connectivity index (χ3v) is 2.47. The van der Waals surface area contributed by atoms with Crippen LogP contribution in [0.15, 0.2) is 28.8 Å². The van der Waals surface area contributed by atoms with Crippen LogP contribution in [0.25, 0.3) is 0 Å². The van der Waals surface area contributed by atoms with Gasteiger partial charge in [0.15, 0.2) is 5.82 Å². The summed E-state index contributed by atoms with van der Waals surface area (Å²) >= 11 is 0. The number of nitrogens with one attached hydrogen (secondary N) is 1. The monoisotopic (exact) mass is 261 g/mol. The van der Waals surface area contributed by atoms with E-state index < -0.39 is 0 Å². The van der Waals surface area contributed by atoms with Gasteiger partial charge in [0.25, 0.3) is 0 Å².